The molecule has 0 aliphatic heterocycles. The Balaban J connectivity index is 2.61. The van der Waals surface area contributed by atoms with Gasteiger partial charge in [-0.15, -0.1) is 0 Å². The average Bonchev–Trinajstić information content (AvgIpc) is 2.36. The Bertz CT molecular complexity index is 713. The average molecular weight is 259 g/mol. The van der Waals surface area contributed by atoms with Crippen molar-refractivity contribution in [3.63, 3.8) is 0 Å². The molecule has 5 heteroatoms. The van der Waals surface area contributed by atoms with E-state index in [-0.39, 0.29) is 16.9 Å². The van der Waals surface area contributed by atoms with Crippen molar-refractivity contribution in [2.45, 2.75) is 0 Å². The second-order valence-corrected chi connectivity index (χ2v) is 4.25. The summed E-state index contributed by atoms with van der Waals surface area (Å²) in [5, 5.41) is 10.4. The van der Waals surface area contributed by atoms with Crippen molar-refractivity contribution in [2.75, 3.05) is 14.1 Å². The monoisotopic (exact) mass is 259 g/mol. The topological polar surface area (TPSA) is 70.8 Å². The van der Waals surface area contributed by atoms with Crippen LogP contribution in [0.1, 0.15) is 10.4 Å². The van der Waals surface area contributed by atoms with Crippen LogP contribution in [0.3, 0.4) is 0 Å². The summed E-state index contributed by atoms with van der Waals surface area (Å²) in [5.74, 6) is -0.939. The summed E-state index contributed by atoms with van der Waals surface area (Å²) in [7, 11) is 3.49. The zero-order chi connectivity index (χ0) is 14.0. The van der Waals surface area contributed by atoms with Crippen molar-refractivity contribution in [1.82, 2.24) is 4.90 Å². The molecule has 98 valence electrons. The molecule has 0 fully saturated rings. The number of rotatable bonds is 3. The van der Waals surface area contributed by atoms with Crippen molar-refractivity contribution in [1.29, 1.82) is 0 Å². The van der Waals surface area contributed by atoms with E-state index in [1.54, 1.807) is 43.3 Å². The number of hydrogen-bond acceptors (Lipinski definition) is 5. The van der Waals surface area contributed by atoms with Crippen LogP contribution in [-0.4, -0.2) is 29.9 Å². The van der Waals surface area contributed by atoms with Gasteiger partial charge in [-0.3, -0.25) is 4.79 Å². The molecule has 0 atom stereocenters. The van der Waals surface area contributed by atoms with Crippen molar-refractivity contribution in [3.05, 3.63) is 52.5 Å². The lowest BCUT2D eigenvalue weighted by atomic mass is 10.1. The van der Waals surface area contributed by atoms with Crippen LogP contribution in [0.4, 0.5) is 0 Å². The highest BCUT2D eigenvalue weighted by Crippen LogP contribution is 2.26. The fourth-order valence-electron chi connectivity index (χ4n) is 1.65. The quantitative estimate of drug-likeness (QED) is 0.516. The Morgan fingerprint density at radius 2 is 2.00 bits per heavy atom. The molecule has 0 bridgehead atoms. The standard InChI is InChI=1S/C14H13NO4/c1-15(2)8-7-10(16)12-13(17)9-5-3-4-6-11(9)19-14(12)18/h3-8,17H,1-2H3/b8-7+. The van der Waals surface area contributed by atoms with Crippen LogP contribution in [-0.2, 0) is 0 Å². The van der Waals surface area contributed by atoms with Gasteiger partial charge in [-0.25, -0.2) is 4.79 Å². The molecule has 0 aliphatic rings. The first-order chi connectivity index (χ1) is 9.00. The molecule has 2 aromatic rings. The molecule has 1 heterocycles. The van der Waals surface area contributed by atoms with Crippen LogP contribution in [0.5, 0.6) is 5.75 Å². The fourth-order valence-corrected chi connectivity index (χ4v) is 1.65. The summed E-state index contributed by atoms with van der Waals surface area (Å²) in [4.78, 5) is 25.3. The molecule has 1 aromatic heterocycles. The molecule has 0 aliphatic carbocycles. The summed E-state index contributed by atoms with van der Waals surface area (Å²) in [6.07, 6.45) is 2.71. The lowest BCUT2D eigenvalue weighted by Gasteiger charge is -2.05. The van der Waals surface area contributed by atoms with Crippen LogP contribution < -0.4 is 5.63 Å². The maximum absolute atomic E-state index is 11.9. The number of nitrogens with zero attached hydrogens (tertiary/aromatic N) is 1. The minimum Gasteiger partial charge on any atom is -0.506 e. The molecule has 0 radical (unpaired) electrons. The number of para-hydroxylation sites is 1. The molecule has 5 nitrogen and oxygen atoms in total. The summed E-state index contributed by atoms with van der Waals surface area (Å²) in [6, 6.07) is 6.50. The molecular weight excluding hydrogens is 246 g/mol. The van der Waals surface area contributed by atoms with E-state index >= 15 is 0 Å². The lowest BCUT2D eigenvalue weighted by Crippen LogP contribution is -2.13. The number of fused-ring (bicyclic) bond motifs is 1. The van der Waals surface area contributed by atoms with Crippen molar-refractivity contribution in [2.24, 2.45) is 0 Å². The summed E-state index contributed by atoms with van der Waals surface area (Å²) in [6.45, 7) is 0. The Hall–Kier alpha value is -2.56. The van der Waals surface area contributed by atoms with E-state index in [1.807, 2.05) is 0 Å². The first-order valence-electron chi connectivity index (χ1n) is 5.64. The van der Waals surface area contributed by atoms with Crippen LogP contribution in [0.15, 0.2) is 45.8 Å². The number of hydrogen-bond donors (Lipinski definition) is 1. The van der Waals surface area contributed by atoms with Gasteiger partial charge in [-0.1, -0.05) is 12.1 Å². The van der Waals surface area contributed by atoms with E-state index in [0.29, 0.717) is 5.39 Å². The first-order valence-corrected chi connectivity index (χ1v) is 5.64. The number of allylic oxidation sites excluding steroid dienone is 1. The fraction of sp³-hybridized carbons (Fsp3) is 0.143. The molecule has 2 rings (SSSR count). The van der Waals surface area contributed by atoms with Crippen LogP contribution in [0.2, 0.25) is 0 Å². The van der Waals surface area contributed by atoms with Gasteiger partial charge in [0.2, 0.25) is 0 Å². The summed E-state index contributed by atoms with van der Waals surface area (Å²) < 4.78 is 5.02. The van der Waals surface area contributed by atoms with Gasteiger partial charge < -0.3 is 14.4 Å². The predicted molar refractivity (Wildman–Crippen MR) is 71.3 cm³/mol. The number of carbonyl (C=O) groups excluding carboxylic acids is 1. The van der Waals surface area contributed by atoms with Gasteiger partial charge >= 0.3 is 5.63 Å². The highest BCUT2D eigenvalue weighted by Gasteiger charge is 2.18. The minimum atomic E-state index is -0.843. The first kappa shape index (κ1) is 12.9. The Labute approximate surface area is 109 Å². The zero-order valence-electron chi connectivity index (χ0n) is 10.6. The Morgan fingerprint density at radius 3 is 2.68 bits per heavy atom. The Kier molecular flexibility index (Phi) is 3.37. The molecule has 0 saturated carbocycles. The molecule has 0 unspecified atom stereocenters. The molecular formula is C14H13NO4. The maximum atomic E-state index is 11.9. The normalized spacial score (nSPS) is 11.1. The number of benzene rings is 1. The molecule has 1 aromatic carbocycles. The largest absolute Gasteiger partial charge is 0.506 e. The zero-order valence-corrected chi connectivity index (χ0v) is 10.6. The third-order valence-electron chi connectivity index (χ3n) is 2.56. The molecule has 0 amide bonds. The van der Waals surface area contributed by atoms with Gasteiger partial charge in [0.05, 0.1) is 5.39 Å². The van der Waals surface area contributed by atoms with Gasteiger partial charge in [-0.2, -0.15) is 0 Å². The smallest absolute Gasteiger partial charge is 0.351 e. The predicted octanol–water partition coefficient (Wildman–Crippen LogP) is 1.76. The third kappa shape index (κ3) is 2.49. The SMILES string of the molecule is CN(C)/C=C/C(=O)c1c(O)c2ccccc2oc1=O. The van der Waals surface area contributed by atoms with Crippen LogP contribution in [0, 0.1) is 0 Å². The Morgan fingerprint density at radius 1 is 1.32 bits per heavy atom. The van der Waals surface area contributed by atoms with E-state index in [2.05, 4.69) is 0 Å². The van der Waals surface area contributed by atoms with Crippen LogP contribution in [0.25, 0.3) is 11.0 Å². The van der Waals surface area contributed by atoms with E-state index in [1.165, 1.54) is 12.3 Å². The maximum Gasteiger partial charge on any atom is 0.351 e. The molecule has 0 spiro atoms. The van der Waals surface area contributed by atoms with E-state index in [0.717, 1.165) is 0 Å². The molecule has 19 heavy (non-hydrogen) atoms. The van der Waals surface area contributed by atoms with E-state index < -0.39 is 11.4 Å². The number of aromatic hydroxyl groups is 1. The second-order valence-electron chi connectivity index (χ2n) is 4.25. The lowest BCUT2D eigenvalue weighted by molar-refractivity contribution is 0.104. The molecule has 0 saturated heterocycles. The number of carbonyl (C=O) groups is 1. The third-order valence-corrected chi connectivity index (χ3v) is 2.56. The minimum absolute atomic E-state index is 0.248. The second kappa shape index (κ2) is 4.97. The van der Waals surface area contributed by atoms with Gasteiger partial charge in [-0.05, 0) is 12.1 Å². The van der Waals surface area contributed by atoms with Gasteiger partial charge in [0.15, 0.2) is 5.78 Å². The highest BCUT2D eigenvalue weighted by atomic mass is 16.4. The van der Waals surface area contributed by atoms with E-state index in [9.17, 15) is 14.7 Å². The highest BCUT2D eigenvalue weighted by molar-refractivity contribution is 6.08. The summed E-state index contributed by atoms with van der Waals surface area (Å²) in [5.41, 5.74) is -0.945. The van der Waals surface area contributed by atoms with Gasteiger partial charge in [0.1, 0.15) is 16.9 Å². The number of ketones is 1. The van der Waals surface area contributed by atoms with Crippen LogP contribution >= 0.6 is 0 Å². The van der Waals surface area contributed by atoms with Crippen molar-refractivity contribution >= 4 is 16.8 Å². The van der Waals surface area contributed by atoms with Gasteiger partial charge in [0.25, 0.3) is 0 Å². The van der Waals surface area contributed by atoms with E-state index in [4.69, 9.17) is 4.42 Å². The van der Waals surface area contributed by atoms with Gasteiger partial charge in [0, 0.05) is 26.4 Å². The molecule has 1 N–H and O–H groups in total. The summed E-state index contributed by atoms with van der Waals surface area (Å²) >= 11 is 0. The van der Waals surface area contributed by atoms with Crippen molar-refractivity contribution in [3.8, 4) is 5.75 Å². The van der Waals surface area contributed by atoms with Crippen molar-refractivity contribution < 1.29 is 14.3 Å².